The fourth-order valence-electron chi connectivity index (χ4n) is 1.84. The molecule has 0 fully saturated rings. The number of benzene rings is 1. The lowest BCUT2D eigenvalue weighted by molar-refractivity contribution is 0.0692. The molecule has 0 bridgehead atoms. The van der Waals surface area contributed by atoms with Crippen molar-refractivity contribution in [3.8, 4) is 0 Å². The monoisotopic (exact) mass is 399 g/mol. The summed E-state index contributed by atoms with van der Waals surface area (Å²) < 4.78 is 67.0. The third-order valence-electron chi connectivity index (χ3n) is 2.87. The van der Waals surface area contributed by atoms with Gasteiger partial charge in [0.05, 0.1) is 31.3 Å². The summed E-state index contributed by atoms with van der Waals surface area (Å²) in [6.07, 6.45) is 1.73. The minimum atomic E-state index is -3.68. The third kappa shape index (κ3) is 8.25. The van der Waals surface area contributed by atoms with Crippen molar-refractivity contribution in [3.63, 3.8) is 0 Å². The molecule has 1 aromatic carbocycles. The summed E-state index contributed by atoms with van der Waals surface area (Å²) in [4.78, 5) is 12.2. The van der Waals surface area contributed by atoms with E-state index in [4.69, 9.17) is 5.11 Å². The Hall–Kier alpha value is -1.76. The summed E-state index contributed by atoms with van der Waals surface area (Å²) in [6.45, 7) is -0.571. The molecular weight excluding hydrogens is 381 g/mol. The van der Waals surface area contributed by atoms with Crippen molar-refractivity contribution in [1.29, 1.82) is 0 Å². The van der Waals surface area contributed by atoms with Gasteiger partial charge in [0.2, 0.25) is 0 Å². The Morgan fingerprint density at radius 2 is 1.56 bits per heavy atom. The molecule has 0 saturated heterocycles. The minimum Gasteiger partial charge on any atom is -0.478 e. The Balaban J connectivity index is 2.92. The van der Waals surface area contributed by atoms with E-state index in [2.05, 4.69) is 8.37 Å². The highest BCUT2D eigenvalue weighted by atomic mass is 32.2. The lowest BCUT2D eigenvalue weighted by Crippen LogP contribution is -2.32. The molecule has 0 aliphatic rings. The van der Waals surface area contributed by atoms with Crippen LogP contribution < -0.4 is 4.90 Å². The summed E-state index contributed by atoms with van der Waals surface area (Å²) in [5.74, 6) is -2.42. The Morgan fingerprint density at radius 3 is 1.92 bits per heavy atom. The van der Waals surface area contributed by atoms with Gasteiger partial charge in [0, 0.05) is 18.8 Å². The van der Waals surface area contributed by atoms with Gasteiger partial charge in [0.1, 0.15) is 5.82 Å². The summed E-state index contributed by atoms with van der Waals surface area (Å²) in [6, 6.07) is 3.31. The van der Waals surface area contributed by atoms with E-state index in [1.165, 1.54) is 11.0 Å². The van der Waals surface area contributed by atoms with Gasteiger partial charge in [-0.05, 0) is 18.2 Å². The molecule has 0 radical (unpaired) electrons. The largest absolute Gasteiger partial charge is 0.478 e. The third-order valence-corrected chi connectivity index (χ3v) is 4.06. The first kappa shape index (κ1) is 21.3. The molecule has 1 N–H and O–H groups in total. The van der Waals surface area contributed by atoms with Gasteiger partial charge in [-0.15, -0.1) is 0 Å². The number of anilines is 1. The quantitative estimate of drug-likeness (QED) is 0.552. The topological polar surface area (TPSA) is 127 Å². The van der Waals surface area contributed by atoms with Crippen molar-refractivity contribution in [2.45, 2.75) is 0 Å². The van der Waals surface area contributed by atoms with Crippen LogP contribution in [0.4, 0.5) is 10.1 Å². The van der Waals surface area contributed by atoms with E-state index in [-0.39, 0.29) is 32.0 Å². The first-order chi connectivity index (χ1) is 11.4. The predicted molar refractivity (Wildman–Crippen MR) is 87.2 cm³/mol. The van der Waals surface area contributed by atoms with Gasteiger partial charge in [0.15, 0.2) is 0 Å². The van der Waals surface area contributed by atoms with Crippen LogP contribution in [-0.4, -0.2) is 66.7 Å². The molecule has 1 aromatic rings. The Kier molecular flexibility index (Phi) is 7.29. The van der Waals surface area contributed by atoms with Crippen LogP contribution in [-0.2, 0) is 28.6 Å². The standard InChI is InChI=1S/C13H18FNO8S2/c1-24(18,19)22-7-5-15(6-8-23-25(2,20)21)10-3-4-11(13(16)17)12(14)9-10/h3-4,9H,5-8H2,1-2H3,(H,16,17). The van der Waals surface area contributed by atoms with Gasteiger partial charge in [0.25, 0.3) is 20.2 Å². The van der Waals surface area contributed by atoms with E-state index >= 15 is 0 Å². The number of carbonyl (C=O) groups is 1. The molecule has 0 spiro atoms. The van der Waals surface area contributed by atoms with Crippen LogP contribution in [0.3, 0.4) is 0 Å². The molecule has 1 rings (SSSR count). The molecule has 0 amide bonds. The second-order valence-electron chi connectivity index (χ2n) is 5.01. The molecule has 0 aliphatic heterocycles. The normalized spacial score (nSPS) is 12.1. The Bertz CT molecular complexity index is 784. The number of halogens is 1. The van der Waals surface area contributed by atoms with Crippen LogP contribution in [0.5, 0.6) is 0 Å². The lowest BCUT2D eigenvalue weighted by atomic mass is 10.2. The van der Waals surface area contributed by atoms with Crippen molar-refractivity contribution in [1.82, 2.24) is 0 Å². The van der Waals surface area contributed by atoms with E-state index in [1.807, 2.05) is 0 Å². The molecule has 0 aliphatic carbocycles. The smallest absolute Gasteiger partial charge is 0.338 e. The number of hydrogen-bond donors (Lipinski definition) is 1. The fraction of sp³-hybridized carbons (Fsp3) is 0.462. The van der Waals surface area contributed by atoms with Gasteiger partial charge in [-0.1, -0.05) is 0 Å². The SMILES string of the molecule is CS(=O)(=O)OCCN(CCOS(C)(=O)=O)c1ccc(C(=O)O)c(F)c1. The Morgan fingerprint density at radius 1 is 1.08 bits per heavy atom. The lowest BCUT2D eigenvalue weighted by Gasteiger charge is -2.24. The maximum absolute atomic E-state index is 13.8. The zero-order valence-corrected chi connectivity index (χ0v) is 15.1. The molecule has 9 nitrogen and oxygen atoms in total. The highest BCUT2D eigenvalue weighted by Crippen LogP contribution is 2.19. The number of nitrogens with zero attached hydrogens (tertiary/aromatic N) is 1. The number of rotatable bonds is 10. The maximum Gasteiger partial charge on any atom is 0.338 e. The van der Waals surface area contributed by atoms with Crippen molar-refractivity contribution >= 4 is 31.9 Å². The summed E-state index contributed by atoms with van der Waals surface area (Å²) >= 11 is 0. The van der Waals surface area contributed by atoms with Gasteiger partial charge in [-0.25, -0.2) is 9.18 Å². The minimum absolute atomic E-state index is 0.0218. The highest BCUT2D eigenvalue weighted by molar-refractivity contribution is 7.86. The predicted octanol–water partition coefficient (Wildman–Crippen LogP) is 0.283. The van der Waals surface area contributed by atoms with Crippen LogP contribution in [0, 0.1) is 5.82 Å². The van der Waals surface area contributed by atoms with Crippen LogP contribution in [0.15, 0.2) is 18.2 Å². The molecular formula is C13H18FNO8S2. The zero-order valence-electron chi connectivity index (χ0n) is 13.5. The highest BCUT2D eigenvalue weighted by Gasteiger charge is 2.15. The molecule has 0 heterocycles. The second kappa shape index (κ2) is 8.56. The molecule has 142 valence electrons. The molecule has 0 saturated carbocycles. The average Bonchev–Trinajstić information content (AvgIpc) is 2.42. The maximum atomic E-state index is 13.8. The number of aromatic carboxylic acids is 1. The Labute approximate surface area is 145 Å². The van der Waals surface area contributed by atoms with Crippen molar-refractivity contribution in [2.24, 2.45) is 0 Å². The first-order valence-electron chi connectivity index (χ1n) is 6.85. The number of carboxylic acid groups (broad SMARTS) is 1. The summed E-state index contributed by atoms with van der Waals surface area (Å²) in [5, 5.41) is 8.83. The van der Waals surface area contributed by atoms with Crippen LogP contribution in [0.1, 0.15) is 10.4 Å². The van der Waals surface area contributed by atoms with Gasteiger partial charge in [-0.3, -0.25) is 8.37 Å². The average molecular weight is 399 g/mol. The van der Waals surface area contributed by atoms with Gasteiger partial charge >= 0.3 is 5.97 Å². The molecule has 12 heteroatoms. The zero-order chi connectivity index (χ0) is 19.3. The molecule has 0 aromatic heterocycles. The number of hydrogen-bond acceptors (Lipinski definition) is 8. The van der Waals surface area contributed by atoms with Crippen molar-refractivity contribution < 1.29 is 39.5 Å². The summed E-state index contributed by atoms with van der Waals surface area (Å²) in [7, 11) is -7.35. The van der Waals surface area contributed by atoms with E-state index in [1.54, 1.807) is 0 Å². The van der Waals surface area contributed by atoms with Crippen molar-refractivity contribution in [2.75, 3.05) is 43.7 Å². The molecule has 25 heavy (non-hydrogen) atoms. The van der Waals surface area contributed by atoms with Crippen molar-refractivity contribution in [3.05, 3.63) is 29.6 Å². The summed E-state index contributed by atoms with van der Waals surface area (Å²) in [5.41, 5.74) is -0.305. The molecule has 0 atom stereocenters. The van der Waals surface area contributed by atoms with E-state index in [0.717, 1.165) is 24.6 Å². The van der Waals surface area contributed by atoms with E-state index < -0.39 is 37.6 Å². The second-order valence-corrected chi connectivity index (χ2v) is 8.30. The van der Waals surface area contributed by atoms with Crippen LogP contribution in [0.2, 0.25) is 0 Å². The molecule has 0 unspecified atom stereocenters. The first-order valence-corrected chi connectivity index (χ1v) is 10.5. The van der Waals surface area contributed by atoms with Crippen LogP contribution in [0.25, 0.3) is 0 Å². The fourth-order valence-corrected chi connectivity index (χ4v) is 2.60. The van der Waals surface area contributed by atoms with Gasteiger partial charge in [-0.2, -0.15) is 16.8 Å². The van der Waals surface area contributed by atoms with Gasteiger partial charge < -0.3 is 10.0 Å². The van der Waals surface area contributed by atoms with E-state index in [9.17, 15) is 26.0 Å². The van der Waals surface area contributed by atoms with E-state index in [0.29, 0.717) is 0 Å². The van der Waals surface area contributed by atoms with Crippen LogP contribution >= 0.6 is 0 Å². The number of carboxylic acids is 1.